The van der Waals surface area contributed by atoms with Crippen LogP contribution in [-0.4, -0.2) is 28.3 Å². The Bertz CT molecular complexity index is 1040. The molecule has 1 aromatic heterocycles. The van der Waals surface area contributed by atoms with Crippen molar-refractivity contribution in [3.05, 3.63) is 59.9 Å². The Morgan fingerprint density at radius 3 is 2.22 bits per heavy atom. The quantitative estimate of drug-likeness (QED) is 0.444. The Hall–Kier alpha value is -3.56. The first-order valence-corrected chi connectivity index (χ1v) is 9.68. The van der Waals surface area contributed by atoms with Gasteiger partial charge in [-0.05, 0) is 69.3 Å². The van der Waals surface area contributed by atoms with Gasteiger partial charge in [-0.3, -0.25) is 0 Å². The molecule has 170 valence electrons. The maximum absolute atomic E-state index is 12.7. The van der Waals surface area contributed by atoms with Crippen LogP contribution < -0.4 is 9.47 Å². The number of rotatable bonds is 8. The number of nitrogens with zero attached hydrogens (tertiary/aromatic N) is 2. The van der Waals surface area contributed by atoms with Gasteiger partial charge < -0.3 is 18.7 Å². The number of esters is 1. The first kappa shape index (κ1) is 23.1. The summed E-state index contributed by atoms with van der Waals surface area (Å²) in [6.45, 7) is 5.18. The standard InChI is InChI=1S/C22H21F3N2O5/c1-4-29-20(28)21(2,3)31-17-11-9-16(10-12-17)30-13-18-26-19(32-27-18)14-5-7-15(8-6-14)22(23,24)25/h5-12H,4,13H2,1-3H3. The molecule has 0 saturated heterocycles. The van der Waals surface area contributed by atoms with Crippen molar-refractivity contribution >= 4 is 5.97 Å². The zero-order chi connectivity index (χ0) is 23.4. The van der Waals surface area contributed by atoms with E-state index < -0.39 is 23.3 Å². The number of hydrogen-bond donors (Lipinski definition) is 0. The predicted octanol–water partition coefficient (Wildman–Crippen LogP) is 5.05. The van der Waals surface area contributed by atoms with Crippen LogP contribution in [0.5, 0.6) is 11.5 Å². The van der Waals surface area contributed by atoms with Crippen molar-refractivity contribution in [2.75, 3.05) is 6.61 Å². The van der Waals surface area contributed by atoms with Crippen LogP contribution in [0.2, 0.25) is 0 Å². The molecule has 0 radical (unpaired) electrons. The van der Waals surface area contributed by atoms with Crippen LogP contribution in [0.3, 0.4) is 0 Å². The number of hydrogen-bond acceptors (Lipinski definition) is 7. The van der Waals surface area contributed by atoms with Gasteiger partial charge in [0.05, 0.1) is 12.2 Å². The van der Waals surface area contributed by atoms with Gasteiger partial charge in [0.25, 0.3) is 5.89 Å². The summed E-state index contributed by atoms with van der Waals surface area (Å²) < 4.78 is 59.3. The van der Waals surface area contributed by atoms with E-state index in [2.05, 4.69) is 10.1 Å². The molecule has 32 heavy (non-hydrogen) atoms. The minimum Gasteiger partial charge on any atom is -0.485 e. The molecule has 0 spiro atoms. The third-order valence-electron chi connectivity index (χ3n) is 4.26. The molecule has 1 heterocycles. The van der Waals surface area contributed by atoms with E-state index in [9.17, 15) is 18.0 Å². The first-order valence-electron chi connectivity index (χ1n) is 9.68. The molecule has 0 bridgehead atoms. The lowest BCUT2D eigenvalue weighted by Gasteiger charge is -2.24. The van der Waals surface area contributed by atoms with Gasteiger partial charge in [-0.2, -0.15) is 18.2 Å². The zero-order valence-corrected chi connectivity index (χ0v) is 17.6. The van der Waals surface area contributed by atoms with Crippen LogP contribution in [0, 0.1) is 0 Å². The topological polar surface area (TPSA) is 83.7 Å². The normalized spacial score (nSPS) is 11.8. The monoisotopic (exact) mass is 450 g/mol. The number of carbonyl (C=O) groups is 1. The fourth-order valence-electron chi connectivity index (χ4n) is 2.62. The minimum absolute atomic E-state index is 0.0152. The molecule has 10 heteroatoms. The molecule has 0 aliphatic rings. The third-order valence-corrected chi connectivity index (χ3v) is 4.26. The van der Waals surface area contributed by atoms with E-state index in [1.165, 1.54) is 12.1 Å². The number of carbonyl (C=O) groups excluding carboxylic acids is 1. The molecule has 0 fully saturated rings. The van der Waals surface area contributed by atoms with Crippen molar-refractivity contribution in [3.8, 4) is 23.0 Å². The molecule has 0 atom stereocenters. The lowest BCUT2D eigenvalue weighted by Crippen LogP contribution is -2.39. The van der Waals surface area contributed by atoms with Gasteiger partial charge in [0, 0.05) is 5.56 Å². The van der Waals surface area contributed by atoms with Crippen LogP contribution in [0.25, 0.3) is 11.5 Å². The highest BCUT2D eigenvalue weighted by atomic mass is 19.4. The van der Waals surface area contributed by atoms with Crippen molar-refractivity contribution < 1.29 is 36.7 Å². The van der Waals surface area contributed by atoms with Gasteiger partial charge in [0.15, 0.2) is 12.2 Å². The van der Waals surface area contributed by atoms with Crippen LogP contribution in [0.4, 0.5) is 13.2 Å². The molecular weight excluding hydrogens is 429 g/mol. The van der Waals surface area contributed by atoms with Crippen molar-refractivity contribution in [1.29, 1.82) is 0 Å². The fourth-order valence-corrected chi connectivity index (χ4v) is 2.62. The van der Waals surface area contributed by atoms with E-state index in [4.69, 9.17) is 18.7 Å². The summed E-state index contributed by atoms with van der Waals surface area (Å²) in [5.41, 5.74) is -1.54. The predicted molar refractivity (Wildman–Crippen MR) is 107 cm³/mol. The molecule has 2 aromatic carbocycles. The Labute approximate surface area is 182 Å². The zero-order valence-electron chi connectivity index (χ0n) is 17.6. The van der Waals surface area contributed by atoms with E-state index in [-0.39, 0.29) is 24.9 Å². The van der Waals surface area contributed by atoms with Crippen LogP contribution in [0.1, 0.15) is 32.2 Å². The third kappa shape index (κ3) is 5.77. The Kier molecular flexibility index (Phi) is 6.71. The highest BCUT2D eigenvalue weighted by Gasteiger charge is 2.32. The highest BCUT2D eigenvalue weighted by Crippen LogP contribution is 2.30. The van der Waals surface area contributed by atoms with Gasteiger partial charge in [-0.1, -0.05) is 5.16 Å². The van der Waals surface area contributed by atoms with Gasteiger partial charge in [0.1, 0.15) is 11.5 Å². The lowest BCUT2D eigenvalue weighted by molar-refractivity contribution is -0.158. The largest absolute Gasteiger partial charge is 0.485 e. The maximum atomic E-state index is 12.7. The van der Waals surface area contributed by atoms with E-state index in [0.717, 1.165) is 12.1 Å². The number of aromatic nitrogens is 2. The van der Waals surface area contributed by atoms with Crippen molar-refractivity contribution in [1.82, 2.24) is 10.1 Å². The van der Waals surface area contributed by atoms with Gasteiger partial charge in [0.2, 0.25) is 5.82 Å². The number of benzene rings is 2. The second-order valence-corrected chi connectivity index (χ2v) is 7.18. The number of alkyl halides is 3. The summed E-state index contributed by atoms with van der Waals surface area (Å²) in [4.78, 5) is 16.0. The summed E-state index contributed by atoms with van der Waals surface area (Å²) in [5, 5.41) is 3.77. The summed E-state index contributed by atoms with van der Waals surface area (Å²) in [5.74, 6) is 0.791. The molecule has 0 aliphatic heterocycles. The summed E-state index contributed by atoms with van der Waals surface area (Å²) >= 11 is 0. The first-order chi connectivity index (χ1) is 15.1. The van der Waals surface area contributed by atoms with E-state index >= 15 is 0 Å². The van der Waals surface area contributed by atoms with Gasteiger partial charge in [-0.25, -0.2) is 4.79 Å². The van der Waals surface area contributed by atoms with Gasteiger partial charge >= 0.3 is 12.1 Å². The van der Waals surface area contributed by atoms with E-state index in [1.807, 2.05) is 0 Å². The molecule has 7 nitrogen and oxygen atoms in total. The molecule has 0 unspecified atom stereocenters. The fraction of sp³-hybridized carbons (Fsp3) is 0.318. The molecule has 3 rings (SSSR count). The Balaban J connectivity index is 1.57. The molecule has 0 amide bonds. The van der Waals surface area contributed by atoms with Crippen molar-refractivity contribution in [3.63, 3.8) is 0 Å². The summed E-state index contributed by atoms with van der Waals surface area (Å²) in [6.07, 6.45) is -4.42. The van der Waals surface area contributed by atoms with E-state index in [1.54, 1.807) is 45.0 Å². The smallest absolute Gasteiger partial charge is 0.416 e. The average molecular weight is 450 g/mol. The van der Waals surface area contributed by atoms with Crippen molar-refractivity contribution in [2.24, 2.45) is 0 Å². The lowest BCUT2D eigenvalue weighted by atomic mass is 10.1. The molecule has 3 aromatic rings. The van der Waals surface area contributed by atoms with Gasteiger partial charge in [-0.15, -0.1) is 0 Å². The Morgan fingerprint density at radius 2 is 1.62 bits per heavy atom. The van der Waals surface area contributed by atoms with Crippen LogP contribution in [0.15, 0.2) is 53.1 Å². The molecular formula is C22H21F3N2O5. The average Bonchev–Trinajstić information content (AvgIpc) is 3.22. The summed E-state index contributed by atoms with van der Waals surface area (Å²) in [6, 6.07) is 11.0. The number of ether oxygens (including phenoxy) is 3. The molecule has 0 saturated carbocycles. The van der Waals surface area contributed by atoms with Crippen LogP contribution >= 0.6 is 0 Å². The maximum Gasteiger partial charge on any atom is 0.416 e. The van der Waals surface area contributed by atoms with Crippen LogP contribution in [-0.2, 0) is 22.3 Å². The summed E-state index contributed by atoms with van der Waals surface area (Å²) in [7, 11) is 0. The van der Waals surface area contributed by atoms with Crippen molar-refractivity contribution in [2.45, 2.75) is 39.2 Å². The minimum atomic E-state index is -4.42. The molecule has 0 N–H and O–H groups in total. The second kappa shape index (κ2) is 9.29. The second-order valence-electron chi connectivity index (χ2n) is 7.18. The SMILES string of the molecule is CCOC(=O)C(C)(C)Oc1ccc(OCc2noc(-c3ccc(C(F)(F)F)cc3)n2)cc1. The highest BCUT2D eigenvalue weighted by molar-refractivity contribution is 5.79. The number of halogens is 3. The molecule has 0 aliphatic carbocycles. The van der Waals surface area contributed by atoms with E-state index in [0.29, 0.717) is 17.1 Å². The Morgan fingerprint density at radius 1 is 1.00 bits per heavy atom.